The molecule has 4 fully saturated rings. The van der Waals surface area contributed by atoms with E-state index in [1.54, 1.807) is 13.0 Å². The van der Waals surface area contributed by atoms with Crippen LogP contribution in [0.4, 0.5) is 0 Å². The number of likely N-dealkylation sites (tertiary alicyclic amines) is 1. The van der Waals surface area contributed by atoms with Crippen LogP contribution in [0.5, 0.6) is 0 Å². The summed E-state index contributed by atoms with van der Waals surface area (Å²) in [6, 6.07) is -1.27. The molecule has 4 N–H and O–H groups in total. The Morgan fingerprint density at radius 1 is 1.21 bits per heavy atom. The number of allylic oxidation sites excluding steroid dienone is 3. The van der Waals surface area contributed by atoms with Crippen molar-refractivity contribution in [3.05, 3.63) is 47.3 Å². The van der Waals surface area contributed by atoms with Crippen LogP contribution in [0.2, 0.25) is 0 Å². The molecule has 0 saturated carbocycles. The molecular formula is C32H44N2O9. The van der Waals surface area contributed by atoms with Gasteiger partial charge in [-0.15, -0.1) is 0 Å². The van der Waals surface area contributed by atoms with Gasteiger partial charge in [0.2, 0.25) is 11.7 Å². The first-order valence-corrected chi connectivity index (χ1v) is 15.0. The number of nitrogens with zero attached hydrogens (tertiary/aromatic N) is 1. The van der Waals surface area contributed by atoms with Crippen molar-refractivity contribution in [3.63, 3.8) is 0 Å². The van der Waals surface area contributed by atoms with E-state index in [4.69, 9.17) is 24.7 Å². The Labute approximate surface area is 252 Å². The van der Waals surface area contributed by atoms with E-state index in [-0.39, 0.29) is 30.5 Å². The number of rotatable bonds is 7. The summed E-state index contributed by atoms with van der Waals surface area (Å²) in [4.78, 5) is 40.9. The Kier molecular flexibility index (Phi) is 8.05. The zero-order valence-electron chi connectivity index (χ0n) is 25.9. The van der Waals surface area contributed by atoms with Gasteiger partial charge in [-0.25, -0.2) is 0 Å². The molecule has 1 spiro atoms. The smallest absolute Gasteiger partial charge is 0.264 e. The van der Waals surface area contributed by atoms with Crippen LogP contribution in [-0.2, 0) is 33.3 Å². The predicted octanol–water partition coefficient (Wildman–Crippen LogP) is 2.59. The number of epoxide rings is 1. The van der Waals surface area contributed by atoms with Gasteiger partial charge in [0.25, 0.3) is 5.91 Å². The maximum absolute atomic E-state index is 13.7. The van der Waals surface area contributed by atoms with Gasteiger partial charge < -0.3 is 39.8 Å². The minimum absolute atomic E-state index is 0.0331. The van der Waals surface area contributed by atoms with Crippen LogP contribution >= 0.6 is 0 Å². The number of carbonyl (C=O) groups is 3. The fourth-order valence-corrected chi connectivity index (χ4v) is 6.76. The molecule has 5 rings (SSSR count). The third kappa shape index (κ3) is 5.29. The van der Waals surface area contributed by atoms with E-state index in [0.29, 0.717) is 13.0 Å². The highest BCUT2D eigenvalue weighted by molar-refractivity contribution is 6.28. The highest BCUT2D eigenvalue weighted by atomic mass is 16.8. The molecule has 2 bridgehead atoms. The summed E-state index contributed by atoms with van der Waals surface area (Å²) >= 11 is 0. The highest BCUT2D eigenvalue weighted by Gasteiger charge is 2.66. The molecule has 10 unspecified atom stereocenters. The van der Waals surface area contributed by atoms with Crippen LogP contribution in [-0.4, -0.2) is 87.4 Å². The van der Waals surface area contributed by atoms with Crippen molar-refractivity contribution in [3.8, 4) is 0 Å². The van der Waals surface area contributed by atoms with Crippen LogP contribution in [0.1, 0.15) is 61.3 Å². The van der Waals surface area contributed by atoms with Crippen molar-refractivity contribution in [1.82, 2.24) is 4.90 Å². The van der Waals surface area contributed by atoms with E-state index in [1.165, 1.54) is 24.8 Å². The molecule has 11 nitrogen and oxygen atoms in total. The van der Waals surface area contributed by atoms with E-state index in [9.17, 15) is 24.6 Å². The SMILES string of the molecule is CC(/C=C/C(O)=C1\C(=O)C(C(C)(C)C(N)=O)N(C2CCC(O)C(C)O2)C1=O)=C\C(C)C1OC2(C)OC(C=CC23CO3)C1C. The molecule has 0 radical (unpaired) electrons. The quantitative estimate of drug-likeness (QED) is 0.0996. The summed E-state index contributed by atoms with van der Waals surface area (Å²) in [5.74, 6) is -3.56. The third-order valence-electron chi connectivity index (χ3n) is 9.81. The summed E-state index contributed by atoms with van der Waals surface area (Å²) < 4.78 is 24.3. The molecule has 10 atom stereocenters. The molecule has 2 amide bonds. The van der Waals surface area contributed by atoms with Gasteiger partial charge >= 0.3 is 0 Å². The second-order valence-corrected chi connectivity index (χ2v) is 13.4. The van der Waals surface area contributed by atoms with Gasteiger partial charge in [0, 0.05) is 11.8 Å². The lowest BCUT2D eigenvalue weighted by atomic mass is 9.80. The first-order chi connectivity index (χ1) is 20.0. The molecule has 11 heteroatoms. The van der Waals surface area contributed by atoms with Gasteiger partial charge in [-0.2, -0.15) is 0 Å². The highest BCUT2D eigenvalue weighted by Crippen LogP contribution is 2.52. The van der Waals surface area contributed by atoms with Gasteiger partial charge in [-0.1, -0.05) is 37.6 Å². The maximum atomic E-state index is 13.7. The molecular weight excluding hydrogens is 556 g/mol. The average molecular weight is 601 g/mol. The number of amides is 2. The Morgan fingerprint density at radius 2 is 1.88 bits per heavy atom. The number of ether oxygens (including phenoxy) is 4. The fraction of sp³-hybridized carbons (Fsp3) is 0.656. The van der Waals surface area contributed by atoms with Crippen molar-refractivity contribution in [2.75, 3.05) is 6.61 Å². The first kappa shape index (κ1) is 31.6. The van der Waals surface area contributed by atoms with Crippen LogP contribution in [0.3, 0.4) is 0 Å². The van der Waals surface area contributed by atoms with Gasteiger partial charge in [-0.3, -0.25) is 14.4 Å². The molecule has 5 aliphatic rings. The first-order valence-electron chi connectivity index (χ1n) is 15.0. The van der Waals surface area contributed by atoms with E-state index in [0.717, 1.165) is 5.57 Å². The van der Waals surface area contributed by atoms with Crippen molar-refractivity contribution >= 4 is 17.6 Å². The van der Waals surface area contributed by atoms with Crippen molar-refractivity contribution in [1.29, 1.82) is 0 Å². The number of aliphatic hydroxyl groups is 2. The molecule has 4 saturated heterocycles. The van der Waals surface area contributed by atoms with E-state index < -0.39 is 70.2 Å². The second-order valence-electron chi connectivity index (χ2n) is 13.4. The van der Waals surface area contributed by atoms with Gasteiger partial charge in [0.05, 0.1) is 36.4 Å². The number of aliphatic hydroxyl groups excluding tert-OH is 2. The van der Waals surface area contributed by atoms with Gasteiger partial charge in [-0.05, 0) is 59.6 Å². The molecule has 5 aliphatic heterocycles. The number of hydrogen-bond donors (Lipinski definition) is 3. The zero-order valence-corrected chi connectivity index (χ0v) is 25.9. The normalized spacial score (nSPS) is 41.7. The van der Waals surface area contributed by atoms with Crippen LogP contribution in [0, 0.1) is 17.3 Å². The number of nitrogens with two attached hydrogens (primary N) is 1. The van der Waals surface area contributed by atoms with Crippen molar-refractivity contribution < 1.29 is 43.5 Å². The molecule has 236 valence electrons. The standard InChI is InChI=1S/C32H44N2O9/c1-16(14-17(2)26-18(3)22-12-13-32(15-40-32)31(7,42-22)43-26)8-9-21(36)24-25(37)27(30(5,6)29(33)39)34(28(24)38)23-11-10-20(35)19(4)41-23/h8-9,12-14,17-20,22-23,26-27,35-36H,10-11,15H2,1-7H3,(H2,33,39)/b9-8+,16-14+,24-21-. The van der Waals surface area contributed by atoms with Crippen LogP contribution < -0.4 is 5.73 Å². The van der Waals surface area contributed by atoms with E-state index in [2.05, 4.69) is 13.0 Å². The number of carbonyl (C=O) groups excluding carboxylic acids is 3. The lowest BCUT2D eigenvalue weighted by Gasteiger charge is -2.51. The summed E-state index contributed by atoms with van der Waals surface area (Å²) in [6.07, 6.45) is 7.23. The molecule has 0 aliphatic carbocycles. The van der Waals surface area contributed by atoms with E-state index in [1.807, 2.05) is 32.9 Å². The topological polar surface area (TPSA) is 161 Å². The van der Waals surface area contributed by atoms with Gasteiger partial charge in [0.1, 0.15) is 23.6 Å². The number of primary amides is 1. The largest absolute Gasteiger partial charge is 0.507 e. The minimum atomic E-state index is -1.44. The third-order valence-corrected chi connectivity index (χ3v) is 9.81. The Hall–Kier alpha value is -2.83. The number of ketones is 1. The lowest BCUT2D eigenvalue weighted by molar-refractivity contribution is -0.346. The predicted molar refractivity (Wildman–Crippen MR) is 155 cm³/mol. The summed E-state index contributed by atoms with van der Waals surface area (Å²) in [6.45, 7) is 13.1. The molecule has 43 heavy (non-hydrogen) atoms. The van der Waals surface area contributed by atoms with E-state index >= 15 is 0 Å². The summed E-state index contributed by atoms with van der Waals surface area (Å²) in [5.41, 5.74) is 4.02. The Bertz CT molecular complexity index is 1310. The van der Waals surface area contributed by atoms with Crippen molar-refractivity contribution in [2.45, 2.75) is 109 Å². The molecule has 0 aromatic carbocycles. The van der Waals surface area contributed by atoms with Crippen molar-refractivity contribution in [2.24, 2.45) is 23.0 Å². The summed E-state index contributed by atoms with van der Waals surface area (Å²) in [5, 5.41) is 21.2. The monoisotopic (exact) mass is 600 g/mol. The molecule has 5 heterocycles. The maximum Gasteiger partial charge on any atom is 0.264 e. The number of Topliss-reactive ketones (excluding diaryl/α,β-unsaturated/α-hetero) is 1. The molecule has 0 aromatic rings. The van der Waals surface area contributed by atoms with Crippen LogP contribution in [0.25, 0.3) is 0 Å². The number of fused-ring (bicyclic) bond motifs is 3. The Morgan fingerprint density at radius 3 is 2.49 bits per heavy atom. The minimum Gasteiger partial charge on any atom is -0.507 e. The average Bonchev–Trinajstić information content (AvgIpc) is 3.67. The van der Waals surface area contributed by atoms with Crippen LogP contribution in [0.15, 0.2) is 47.3 Å². The van der Waals surface area contributed by atoms with Gasteiger partial charge in [0.15, 0.2) is 11.4 Å². The number of hydrogen-bond acceptors (Lipinski definition) is 9. The summed E-state index contributed by atoms with van der Waals surface area (Å²) in [7, 11) is 0. The second kappa shape index (κ2) is 11.0. The fourth-order valence-electron chi connectivity index (χ4n) is 6.76. The lowest BCUT2D eigenvalue weighted by Crippen LogP contribution is -2.61. The zero-order chi connectivity index (χ0) is 31.6. The Balaban J connectivity index is 1.38. The molecule has 0 aromatic heterocycles.